The van der Waals surface area contributed by atoms with Crippen molar-refractivity contribution in [3.63, 3.8) is 0 Å². The van der Waals surface area contributed by atoms with Crippen molar-refractivity contribution in [2.75, 3.05) is 13.2 Å². The van der Waals surface area contributed by atoms with E-state index in [9.17, 15) is 0 Å². The van der Waals surface area contributed by atoms with E-state index in [-0.39, 0.29) is 5.28 Å². The first-order valence-electron chi connectivity index (χ1n) is 3.61. The normalized spacial score (nSPS) is 16.2. The third kappa shape index (κ3) is 1.47. The van der Waals surface area contributed by atoms with Crippen LogP contribution in [0.1, 0.15) is 5.56 Å². The van der Waals surface area contributed by atoms with Crippen LogP contribution in [-0.2, 0) is 4.74 Å². The maximum absolute atomic E-state index is 5.55. The van der Waals surface area contributed by atoms with Gasteiger partial charge in [-0.05, 0) is 17.2 Å². The van der Waals surface area contributed by atoms with Crippen LogP contribution in [0.25, 0.3) is 5.57 Å². The predicted octanol–water partition coefficient (Wildman–Crippen LogP) is 1.54. The quantitative estimate of drug-likeness (QED) is 0.618. The molecule has 0 fully saturated rings. The monoisotopic (exact) mass is 182 g/mol. The summed E-state index contributed by atoms with van der Waals surface area (Å²) in [4.78, 5) is 7.76. The van der Waals surface area contributed by atoms with Crippen molar-refractivity contribution in [2.45, 2.75) is 0 Å². The van der Waals surface area contributed by atoms with Crippen molar-refractivity contribution in [3.05, 3.63) is 29.3 Å². The maximum atomic E-state index is 5.55. The zero-order valence-corrected chi connectivity index (χ0v) is 7.08. The zero-order valence-electron chi connectivity index (χ0n) is 6.33. The summed E-state index contributed by atoms with van der Waals surface area (Å²) in [5.41, 5.74) is 2.11. The van der Waals surface area contributed by atoms with Crippen LogP contribution in [0, 0.1) is 0 Å². The second-order valence-electron chi connectivity index (χ2n) is 2.49. The summed E-state index contributed by atoms with van der Waals surface area (Å²) < 4.78 is 5.16. The van der Waals surface area contributed by atoms with Crippen molar-refractivity contribution >= 4 is 17.2 Å². The highest BCUT2D eigenvalue weighted by atomic mass is 35.5. The van der Waals surface area contributed by atoms with Gasteiger partial charge in [0, 0.05) is 18.0 Å². The van der Waals surface area contributed by atoms with Gasteiger partial charge in [0.2, 0.25) is 5.28 Å². The molecule has 0 aliphatic carbocycles. The van der Waals surface area contributed by atoms with E-state index in [4.69, 9.17) is 16.3 Å². The molecule has 0 bridgehead atoms. The van der Waals surface area contributed by atoms with Crippen molar-refractivity contribution in [3.8, 4) is 0 Å². The van der Waals surface area contributed by atoms with E-state index < -0.39 is 0 Å². The van der Waals surface area contributed by atoms with Crippen LogP contribution in [0.15, 0.2) is 18.5 Å². The third-order valence-electron chi connectivity index (χ3n) is 1.70. The summed E-state index contributed by atoms with van der Waals surface area (Å²) in [6.45, 7) is 1.32. The number of ether oxygens (including phenoxy) is 1. The molecule has 0 amide bonds. The molecule has 0 atom stereocenters. The van der Waals surface area contributed by atoms with Gasteiger partial charge in [0.15, 0.2) is 0 Å². The molecular weight excluding hydrogens is 176 g/mol. The highest BCUT2D eigenvalue weighted by Crippen LogP contribution is 2.17. The minimum Gasteiger partial charge on any atom is -0.373 e. The number of hydrogen-bond acceptors (Lipinski definition) is 3. The van der Waals surface area contributed by atoms with Crippen LogP contribution < -0.4 is 0 Å². The number of hydrogen-bond donors (Lipinski definition) is 0. The second-order valence-corrected chi connectivity index (χ2v) is 2.82. The number of nitrogens with zero attached hydrogens (tertiary/aromatic N) is 2. The molecule has 0 spiro atoms. The Hall–Kier alpha value is -0.930. The lowest BCUT2D eigenvalue weighted by molar-refractivity contribution is 0.216. The molecule has 1 aromatic rings. The molecule has 62 valence electrons. The van der Waals surface area contributed by atoms with E-state index >= 15 is 0 Å². The van der Waals surface area contributed by atoms with Crippen molar-refractivity contribution in [1.82, 2.24) is 9.97 Å². The number of aromatic nitrogens is 2. The van der Waals surface area contributed by atoms with Crippen LogP contribution >= 0.6 is 11.6 Å². The molecule has 3 nitrogen and oxygen atoms in total. The average molecular weight is 183 g/mol. The molecule has 0 N–H and O–H groups in total. The highest BCUT2D eigenvalue weighted by Gasteiger charge is 2.07. The summed E-state index contributed by atoms with van der Waals surface area (Å²) in [5, 5.41) is 0.276. The second kappa shape index (κ2) is 3.21. The molecule has 1 aromatic heterocycles. The molecule has 0 aromatic carbocycles. The van der Waals surface area contributed by atoms with E-state index in [0.717, 1.165) is 11.1 Å². The highest BCUT2D eigenvalue weighted by molar-refractivity contribution is 6.28. The lowest BCUT2D eigenvalue weighted by Gasteiger charge is -1.98. The van der Waals surface area contributed by atoms with Gasteiger partial charge in [-0.2, -0.15) is 0 Å². The Morgan fingerprint density at radius 3 is 2.67 bits per heavy atom. The van der Waals surface area contributed by atoms with Gasteiger partial charge >= 0.3 is 0 Å². The van der Waals surface area contributed by atoms with Gasteiger partial charge in [0.25, 0.3) is 0 Å². The Kier molecular flexibility index (Phi) is 2.06. The summed E-state index contributed by atoms with van der Waals surface area (Å²) in [7, 11) is 0. The number of halogens is 1. The van der Waals surface area contributed by atoms with E-state index in [1.807, 2.05) is 6.08 Å². The molecule has 1 aliphatic heterocycles. The molecule has 0 saturated heterocycles. The van der Waals surface area contributed by atoms with Crippen molar-refractivity contribution < 1.29 is 4.74 Å². The molecule has 12 heavy (non-hydrogen) atoms. The van der Waals surface area contributed by atoms with Crippen LogP contribution in [0.3, 0.4) is 0 Å². The first-order valence-corrected chi connectivity index (χ1v) is 3.99. The zero-order chi connectivity index (χ0) is 8.39. The van der Waals surface area contributed by atoms with Gasteiger partial charge in [-0.1, -0.05) is 6.08 Å². The summed E-state index contributed by atoms with van der Waals surface area (Å²) in [6, 6.07) is 0. The SMILES string of the molecule is Clc1ncc(C2=CCOC2)cn1. The van der Waals surface area contributed by atoms with Gasteiger partial charge in [-0.25, -0.2) is 9.97 Å². The molecule has 0 saturated carbocycles. The first kappa shape index (κ1) is 7.71. The fourth-order valence-corrected chi connectivity index (χ4v) is 1.16. The molecule has 4 heteroatoms. The lowest BCUT2D eigenvalue weighted by Crippen LogP contribution is -1.90. The molecule has 2 rings (SSSR count). The van der Waals surface area contributed by atoms with Crippen LogP contribution in [0.2, 0.25) is 5.28 Å². The number of rotatable bonds is 1. The standard InChI is InChI=1S/C8H7ClN2O/c9-8-10-3-7(4-11-8)6-1-2-12-5-6/h1,3-4H,2,5H2. The van der Waals surface area contributed by atoms with Crippen LogP contribution in [-0.4, -0.2) is 23.2 Å². The Morgan fingerprint density at radius 2 is 2.08 bits per heavy atom. The molecule has 2 heterocycles. The van der Waals surface area contributed by atoms with Crippen LogP contribution in [0.5, 0.6) is 0 Å². The molecule has 0 radical (unpaired) electrons. The van der Waals surface area contributed by atoms with Crippen LogP contribution in [0.4, 0.5) is 0 Å². The summed E-state index contributed by atoms with van der Waals surface area (Å²) >= 11 is 5.55. The first-order chi connectivity index (χ1) is 5.86. The Morgan fingerprint density at radius 1 is 1.33 bits per heavy atom. The van der Waals surface area contributed by atoms with Gasteiger partial charge in [-0.3, -0.25) is 0 Å². The van der Waals surface area contributed by atoms with Crippen molar-refractivity contribution in [1.29, 1.82) is 0 Å². The smallest absolute Gasteiger partial charge is 0.222 e. The van der Waals surface area contributed by atoms with Crippen molar-refractivity contribution in [2.24, 2.45) is 0 Å². The Labute approximate surface area is 75.1 Å². The molecule has 0 unspecified atom stereocenters. The van der Waals surface area contributed by atoms with Gasteiger partial charge in [0.1, 0.15) is 0 Å². The fourth-order valence-electron chi connectivity index (χ4n) is 1.07. The van der Waals surface area contributed by atoms with E-state index in [0.29, 0.717) is 13.2 Å². The Bertz CT molecular complexity index is 307. The molecule has 1 aliphatic rings. The predicted molar refractivity (Wildman–Crippen MR) is 45.8 cm³/mol. The lowest BCUT2D eigenvalue weighted by atomic mass is 10.1. The minimum atomic E-state index is 0.276. The molecular formula is C8H7ClN2O. The van der Waals surface area contributed by atoms with Gasteiger partial charge < -0.3 is 4.74 Å². The van der Waals surface area contributed by atoms with Gasteiger partial charge in [-0.15, -0.1) is 0 Å². The van der Waals surface area contributed by atoms with Gasteiger partial charge in [0.05, 0.1) is 13.2 Å². The summed E-state index contributed by atoms with van der Waals surface area (Å²) in [6.07, 6.45) is 5.43. The maximum Gasteiger partial charge on any atom is 0.222 e. The van der Waals surface area contributed by atoms with E-state index in [2.05, 4.69) is 9.97 Å². The Balaban J connectivity index is 2.28. The average Bonchev–Trinajstić information content (AvgIpc) is 2.58. The largest absolute Gasteiger partial charge is 0.373 e. The fraction of sp³-hybridized carbons (Fsp3) is 0.250. The topological polar surface area (TPSA) is 35.0 Å². The van der Waals surface area contributed by atoms with E-state index in [1.54, 1.807) is 12.4 Å². The summed E-state index contributed by atoms with van der Waals surface area (Å²) in [5.74, 6) is 0. The third-order valence-corrected chi connectivity index (χ3v) is 1.89. The van der Waals surface area contributed by atoms with E-state index in [1.165, 1.54) is 0 Å². The minimum absolute atomic E-state index is 0.276.